The molecule has 1 N–H and O–H groups in total. The third-order valence-electron chi connectivity index (χ3n) is 2.33. The Kier molecular flexibility index (Phi) is 5.67. The van der Waals surface area contributed by atoms with Crippen LogP contribution in [0.15, 0.2) is 24.3 Å². The van der Waals surface area contributed by atoms with E-state index in [1.165, 1.54) is 31.4 Å². The van der Waals surface area contributed by atoms with Crippen LogP contribution in [0.5, 0.6) is 5.75 Å². The predicted molar refractivity (Wildman–Crippen MR) is 71.7 cm³/mol. The molecule has 0 bridgehead atoms. The Labute approximate surface area is 115 Å². The zero-order chi connectivity index (χ0) is 15.1. The lowest BCUT2D eigenvalue weighted by Crippen LogP contribution is -2.18. The number of carboxylic acids is 1. The van der Waals surface area contributed by atoms with Gasteiger partial charge in [-0.05, 0) is 30.7 Å². The Balaban J connectivity index is 3.05. The summed E-state index contributed by atoms with van der Waals surface area (Å²) >= 11 is 0. The molecule has 7 nitrogen and oxygen atoms in total. The van der Waals surface area contributed by atoms with E-state index in [9.17, 15) is 14.9 Å². The molecule has 0 heterocycles. The molecule has 0 aliphatic rings. The highest BCUT2D eigenvalue weighted by atomic mass is 16.6. The number of ether oxygens (including phenoxy) is 2. The first-order valence-electron chi connectivity index (χ1n) is 5.79. The highest BCUT2D eigenvalue weighted by Crippen LogP contribution is 2.29. The summed E-state index contributed by atoms with van der Waals surface area (Å²) in [6.07, 6.45) is 1.92. The number of nitro groups is 1. The van der Waals surface area contributed by atoms with Crippen molar-refractivity contribution in [2.24, 2.45) is 0 Å². The summed E-state index contributed by atoms with van der Waals surface area (Å²) in [6.45, 7) is 2.00. The molecule has 1 aromatic carbocycles. The quantitative estimate of drug-likeness (QED) is 0.467. The molecule has 7 heteroatoms. The number of nitro benzene ring substituents is 1. The van der Waals surface area contributed by atoms with E-state index >= 15 is 0 Å². The second-order valence-corrected chi connectivity index (χ2v) is 4.04. The molecule has 0 saturated carbocycles. The number of hydrogen-bond acceptors (Lipinski definition) is 5. The van der Waals surface area contributed by atoms with Crippen LogP contribution in [-0.2, 0) is 9.53 Å². The van der Waals surface area contributed by atoms with Gasteiger partial charge < -0.3 is 14.6 Å². The largest absolute Gasteiger partial charge is 0.481 e. The number of carboxylic acid groups (broad SMARTS) is 1. The van der Waals surface area contributed by atoms with Gasteiger partial charge in [0.25, 0.3) is 0 Å². The summed E-state index contributed by atoms with van der Waals surface area (Å²) in [5.74, 6) is -1.02. The molecule has 1 unspecified atom stereocenters. The smallest absolute Gasteiger partial charge is 0.328 e. The number of rotatable bonds is 7. The zero-order valence-electron chi connectivity index (χ0n) is 11.1. The van der Waals surface area contributed by atoms with E-state index in [1.54, 1.807) is 6.92 Å². The van der Waals surface area contributed by atoms with Crippen LogP contribution < -0.4 is 4.74 Å². The van der Waals surface area contributed by atoms with Crippen LogP contribution >= 0.6 is 0 Å². The number of hydrogen-bond donors (Lipinski definition) is 1. The molecule has 0 amide bonds. The number of carbonyl (C=O) groups is 1. The van der Waals surface area contributed by atoms with Gasteiger partial charge in [0.05, 0.1) is 11.5 Å². The van der Waals surface area contributed by atoms with Crippen molar-refractivity contribution in [1.29, 1.82) is 0 Å². The van der Waals surface area contributed by atoms with Gasteiger partial charge in [0.15, 0.2) is 5.75 Å². The maximum Gasteiger partial charge on any atom is 0.328 e. The Bertz CT molecular complexity index is 526. The van der Waals surface area contributed by atoms with Gasteiger partial charge in [-0.2, -0.15) is 0 Å². The van der Waals surface area contributed by atoms with Crippen molar-refractivity contribution in [3.63, 3.8) is 0 Å². The molecular formula is C13H15NO6. The van der Waals surface area contributed by atoms with Crippen LogP contribution in [0.25, 0.3) is 6.08 Å². The van der Waals surface area contributed by atoms with Crippen molar-refractivity contribution in [2.45, 2.75) is 13.0 Å². The fraction of sp³-hybridized carbons (Fsp3) is 0.308. The minimum Gasteiger partial charge on any atom is -0.481 e. The van der Waals surface area contributed by atoms with Gasteiger partial charge in [-0.15, -0.1) is 0 Å². The van der Waals surface area contributed by atoms with E-state index < -0.39 is 10.9 Å². The average Bonchev–Trinajstić information content (AvgIpc) is 2.36. The molecule has 108 valence electrons. The summed E-state index contributed by atoms with van der Waals surface area (Å²) < 4.78 is 10.3. The maximum atomic E-state index is 10.9. The minimum atomic E-state index is -1.10. The first kappa shape index (κ1) is 15.6. The SMILES string of the molecule is COCC(C)Oc1cc(C=CC(=O)O)ccc1[N+](=O)[O-]. The topological polar surface area (TPSA) is 98.9 Å². The molecule has 0 radical (unpaired) electrons. The molecule has 0 aromatic heterocycles. The zero-order valence-corrected chi connectivity index (χ0v) is 11.1. The molecule has 1 rings (SSSR count). The number of aliphatic carboxylic acids is 1. The Morgan fingerprint density at radius 1 is 1.55 bits per heavy atom. The van der Waals surface area contributed by atoms with E-state index in [0.717, 1.165) is 6.08 Å². The van der Waals surface area contributed by atoms with E-state index in [0.29, 0.717) is 5.56 Å². The fourth-order valence-electron chi connectivity index (χ4n) is 1.53. The second-order valence-electron chi connectivity index (χ2n) is 4.04. The van der Waals surface area contributed by atoms with Crippen molar-refractivity contribution in [1.82, 2.24) is 0 Å². The molecule has 0 spiro atoms. The van der Waals surface area contributed by atoms with E-state index in [-0.39, 0.29) is 24.1 Å². The van der Waals surface area contributed by atoms with Crippen LogP contribution in [0.4, 0.5) is 5.69 Å². The van der Waals surface area contributed by atoms with Gasteiger partial charge in [0.1, 0.15) is 6.10 Å². The third kappa shape index (κ3) is 4.69. The second kappa shape index (κ2) is 7.25. The third-order valence-corrected chi connectivity index (χ3v) is 2.33. The minimum absolute atomic E-state index is 0.0760. The number of nitrogens with zero attached hydrogens (tertiary/aromatic N) is 1. The molecule has 0 fully saturated rings. The van der Waals surface area contributed by atoms with Crippen LogP contribution in [0.1, 0.15) is 12.5 Å². The van der Waals surface area contributed by atoms with Crippen LogP contribution in [0.2, 0.25) is 0 Å². The fourth-order valence-corrected chi connectivity index (χ4v) is 1.53. The maximum absolute atomic E-state index is 10.9. The summed E-state index contributed by atoms with van der Waals surface area (Å²) in [5, 5.41) is 19.5. The van der Waals surface area contributed by atoms with E-state index in [4.69, 9.17) is 14.6 Å². The lowest BCUT2D eigenvalue weighted by molar-refractivity contribution is -0.386. The van der Waals surface area contributed by atoms with Gasteiger partial charge in [-0.3, -0.25) is 10.1 Å². The van der Waals surface area contributed by atoms with Crippen molar-refractivity contribution >= 4 is 17.7 Å². The lowest BCUT2D eigenvalue weighted by atomic mass is 10.1. The molecular weight excluding hydrogens is 266 g/mol. The number of methoxy groups -OCH3 is 1. The van der Waals surface area contributed by atoms with Gasteiger partial charge in [0.2, 0.25) is 0 Å². The first-order chi connectivity index (χ1) is 9.43. The normalized spacial score (nSPS) is 12.3. The van der Waals surface area contributed by atoms with E-state index in [1.807, 2.05) is 0 Å². The van der Waals surface area contributed by atoms with Crippen molar-refractivity contribution in [2.75, 3.05) is 13.7 Å². The molecule has 20 heavy (non-hydrogen) atoms. The van der Waals surface area contributed by atoms with Gasteiger partial charge in [-0.25, -0.2) is 4.79 Å². The van der Waals surface area contributed by atoms with Crippen LogP contribution in [0.3, 0.4) is 0 Å². The molecule has 0 saturated heterocycles. The summed E-state index contributed by atoms with van der Waals surface area (Å²) in [7, 11) is 1.50. The Hall–Kier alpha value is -2.41. The summed E-state index contributed by atoms with van der Waals surface area (Å²) in [6, 6.07) is 4.14. The summed E-state index contributed by atoms with van der Waals surface area (Å²) in [4.78, 5) is 20.8. The average molecular weight is 281 g/mol. The highest BCUT2D eigenvalue weighted by molar-refractivity contribution is 5.85. The monoisotopic (exact) mass is 281 g/mol. The Morgan fingerprint density at radius 2 is 2.25 bits per heavy atom. The molecule has 0 aliphatic carbocycles. The van der Waals surface area contributed by atoms with Gasteiger partial charge in [-0.1, -0.05) is 0 Å². The predicted octanol–water partition coefficient (Wildman–Crippen LogP) is 2.11. The van der Waals surface area contributed by atoms with Gasteiger partial charge in [0, 0.05) is 19.3 Å². The van der Waals surface area contributed by atoms with Crippen molar-refractivity contribution in [3.8, 4) is 5.75 Å². The molecule has 1 atom stereocenters. The van der Waals surface area contributed by atoms with Gasteiger partial charge >= 0.3 is 11.7 Å². The summed E-state index contributed by atoms with van der Waals surface area (Å²) in [5.41, 5.74) is 0.318. The van der Waals surface area contributed by atoms with Crippen molar-refractivity contribution < 1.29 is 24.3 Å². The number of benzene rings is 1. The van der Waals surface area contributed by atoms with Crippen molar-refractivity contribution in [3.05, 3.63) is 40.0 Å². The highest BCUT2D eigenvalue weighted by Gasteiger charge is 2.17. The molecule has 0 aliphatic heterocycles. The molecule has 1 aromatic rings. The van der Waals surface area contributed by atoms with Crippen LogP contribution in [-0.4, -0.2) is 35.8 Å². The lowest BCUT2D eigenvalue weighted by Gasteiger charge is -2.14. The Morgan fingerprint density at radius 3 is 2.80 bits per heavy atom. The van der Waals surface area contributed by atoms with E-state index in [2.05, 4.69) is 0 Å². The first-order valence-corrected chi connectivity index (χ1v) is 5.79. The van der Waals surface area contributed by atoms with Crippen LogP contribution in [0, 0.1) is 10.1 Å². The standard InChI is InChI=1S/C13H15NO6/c1-9(8-19-2)20-12-7-10(4-6-13(15)16)3-5-11(12)14(17)18/h3-7,9H,8H2,1-2H3,(H,15,16).